The third kappa shape index (κ3) is 6.00. The van der Waals surface area contributed by atoms with Crippen LogP contribution < -0.4 is 0 Å². The van der Waals surface area contributed by atoms with Crippen molar-refractivity contribution >= 4 is 17.6 Å². The van der Waals surface area contributed by atoms with E-state index in [1.165, 1.54) is 39.2 Å². The van der Waals surface area contributed by atoms with E-state index in [4.69, 9.17) is 16.3 Å². The number of unbranched alkanes of at least 4 members (excludes halogenated alkanes) is 4. The normalized spacial score (nSPS) is 12.3. The number of nitrogens with zero attached hydrogens (tertiary/aromatic N) is 1. The topological polar surface area (TPSA) is 31.2 Å². The molecular formula is C16H26ClNO2. The van der Waals surface area contributed by atoms with Crippen molar-refractivity contribution in [3.05, 3.63) is 24.0 Å². The van der Waals surface area contributed by atoms with Gasteiger partial charge in [-0.3, -0.25) is 0 Å². The number of ether oxygens (including phenoxy) is 1. The number of aryl methyl sites for hydroxylation is 1. The van der Waals surface area contributed by atoms with E-state index >= 15 is 0 Å². The lowest BCUT2D eigenvalue weighted by Crippen LogP contribution is -2.12. The largest absolute Gasteiger partial charge is 0.464 e. The molecule has 3 nitrogen and oxygen atoms in total. The van der Waals surface area contributed by atoms with Gasteiger partial charge in [-0.25, -0.2) is 4.79 Å². The number of carbonyl (C=O) groups is 1. The van der Waals surface area contributed by atoms with Crippen LogP contribution in [-0.4, -0.2) is 23.0 Å². The van der Waals surface area contributed by atoms with Gasteiger partial charge < -0.3 is 9.30 Å². The SMILES string of the molecule is CCCCCCCC(Cl)CCn1cccc1C(=O)OC. The molecule has 4 heteroatoms. The van der Waals surface area contributed by atoms with Crippen LogP contribution in [0.4, 0.5) is 0 Å². The Morgan fingerprint density at radius 2 is 2.05 bits per heavy atom. The minimum absolute atomic E-state index is 0.185. The van der Waals surface area contributed by atoms with Crippen molar-refractivity contribution in [1.82, 2.24) is 4.57 Å². The van der Waals surface area contributed by atoms with E-state index in [1.807, 2.05) is 16.8 Å². The molecule has 0 N–H and O–H groups in total. The summed E-state index contributed by atoms with van der Waals surface area (Å²) in [6.45, 7) is 2.99. The van der Waals surface area contributed by atoms with Crippen molar-refractivity contribution in [2.24, 2.45) is 0 Å². The number of methoxy groups -OCH3 is 1. The lowest BCUT2D eigenvalue weighted by Gasteiger charge is -2.12. The number of hydrogen-bond donors (Lipinski definition) is 0. The maximum Gasteiger partial charge on any atom is 0.354 e. The molecule has 1 aromatic rings. The van der Waals surface area contributed by atoms with Gasteiger partial charge in [0.15, 0.2) is 0 Å². The standard InChI is InChI=1S/C16H26ClNO2/c1-3-4-5-6-7-9-14(17)11-13-18-12-8-10-15(18)16(19)20-2/h8,10,12,14H,3-7,9,11,13H2,1-2H3. The number of hydrogen-bond acceptors (Lipinski definition) is 2. The molecule has 1 atom stereocenters. The van der Waals surface area contributed by atoms with Crippen molar-refractivity contribution in [3.8, 4) is 0 Å². The van der Waals surface area contributed by atoms with E-state index < -0.39 is 0 Å². The lowest BCUT2D eigenvalue weighted by atomic mass is 10.1. The van der Waals surface area contributed by atoms with E-state index in [1.54, 1.807) is 6.07 Å². The molecule has 0 fully saturated rings. The molecule has 1 heterocycles. The van der Waals surface area contributed by atoms with Crippen molar-refractivity contribution in [3.63, 3.8) is 0 Å². The molecule has 114 valence electrons. The summed E-state index contributed by atoms with van der Waals surface area (Å²) in [5.41, 5.74) is 0.597. The molecular weight excluding hydrogens is 274 g/mol. The first kappa shape index (κ1) is 17.1. The summed E-state index contributed by atoms with van der Waals surface area (Å²) in [5, 5.41) is 0.185. The second-order valence-corrected chi connectivity index (χ2v) is 5.78. The fourth-order valence-electron chi connectivity index (χ4n) is 2.29. The maximum atomic E-state index is 11.5. The molecule has 0 bridgehead atoms. The van der Waals surface area contributed by atoms with Crippen LogP contribution in [-0.2, 0) is 11.3 Å². The molecule has 0 spiro atoms. The second kappa shape index (κ2) is 9.87. The fraction of sp³-hybridized carbons (Fsp3) is 0.688. The van der Waals surface area contributed by atoms with Gasteiger partial charge in [-0.05, 0) is 25.0 Å². The Balaban J connectivity index is 2.25. The summed E-state index contributed by atoms with van der Waals surface area (Å²) in [6, 6.07) is 3.64. The van der Waals surface area contributed by atoms with Crippen molar-refractivity contribution in [2.75, 3.05) is 7.11 Å². The van der Waals surface area contributed by atoms with E-state index in [2.05, 4.69) is 6.92 Å². The van der Waals surface area contributed by atoms with Crippen molar-refractivity contribution in [1.29, 1.82) is 0 Å². The van der Waals surface area contributed by atoms with Gasteiger partial charge >= 0.3 is 5.97 Å². The molecule has 20 heavy (non-hydrogen) atoms. The van der Waals surface area contributed by atoms with E-state index in [0.717, 1.165) is 19.4 Å². The summed E-state index contributed by atoms with van der Waals surface area (Å²) >= 11 is 6.35. The predicted molar refractivity (Wildman–Crippen MR) is 83.4 cm³/mol. The van der Waals surface area contributed by atoms with Crippen LogP contribution in [0.3, 0.4) is 0 Å². The third-order valence-corrected chi connectivity index (χ3v) is 3.96. The first-order valence-electron chi connectivity index (χ1n) is 7.56. The Morgan fingerprint density at radius 1 is 1.30 bits per heavy atom. The molecule has 0 aliphatic rings. The van der Waals surface area contributed by atoms with Gasteiger partial charge in [0.2, 0.25) is 0 Å². The molecule has 0 aromatic carbocycles. The van der Waals surface area contributed by atoms with Crippen LogP contribution >= 0.6 is 11.6 Å². The van der Waals surface area contributed by atoms with Gasteiger partial charge in [0, 0.05) is 18.1 Å². The number of aromatic nitrogens is 1. The maximum absolute atomic E-state index is 11.5. The summed E-state index contributed by atoms with van der Waals surface area (Å²) in [6.07, 6.45) is 10.2. The van der Waals surface area contributed by atoms with Gasteiger partial charge in [-0.1, -0.05) is 39.0 Å². The zero-order chi connectivity index (χ0) is 14.8. The van der Waals surface area contributed by atoms with Crippen LogP contribution in [0.15, 0.2) is 18.3 Å². The highest BCUT2D eigenvalue weighted by atomic mass is 35.5. The second-order valence-electron chi connectivity index (χ2n) is 5.17. The molecule has 0 saturated heterocycles. The van der Waals surface area contributed by atoms with Gasteiger partial charge in [-0.2, -0.15) is 0 Å². The quantitative estimate of drug-likeness (QED) is 0.358. The highest BCUT2D eigenvalue weighted by molar-refractivity contribution is 6.20. The van der Waals surface area contributed by atoms with E-state index in [-0.39, 0.29) is 11.3 Å². The first-order chi connectivity index (χ1) is 9.69. The summed E-state index contributed by atoms with van der Waals surface area (Å²) in [7, 11) is 1.40. The molecule has 0 radical (unpaired) electrons. The average molecular weight is 300 g/mol. The Bertz CT molecular complexity index is 390. The number of esters is 1. The Morgan fingerprint density at radius 3 is 2.75 bits per heavy atom. The van der Waals surface area contributed by atoms with Gasteiger partial charge in [0.1, 0.15) is 5.69 Å². The monoisotopic (exact) mass is 299 g/mol. The number of rotatable bonds is 10. The highest BCUT2D eigenvalue weighted by Gasteiger charge is 2.12. The van der Waals surface area contributed by atoms with Crippen LogP contribution in [0.2, 0.25) is 0 Å². The summed E-state index contributed by atoms with van der Waals surface area (Å²) in [4.78, 5) is 11.5. The molecule has 1 aromatic heterocycles. The van der Waals surface area contributed by atoms with E-state index in [9.17, 15) is 4.79 Å². The molecule has 1 rings (SSSR count). The minimum Gasteiger partial charge on any atom is -0.464 e. The van der Waals surface area contributed by atoms with Crippen LogP contribution in [0.1, 0.15) is 62.4 Å². The first-order valence-corrected chi connectivity index (χ1v) is 8.00. The van der Waals surface area contributed by atoms with E-state index in [0.29, 0.717) is 5.69 Å². The van der Waals surface area contributed by atoms with Gasteiger partial charge in [0.25, 0.3) is 0 Å². The van der Waals surface area contributed by atoms with Gasteiger partial charge in [0.05, 0.1) is 7.11 Å². The third-order valence-electron chi connectivity index (χ3n) is 3.53. The van der Waals surface area contributed by atoms with Crippen LogP contribution in [0, 0.1) is 0 Å². The zero-order valence-electron chi connectivity index (χ0n) is 12.6. The smallest absolute Gasteiger partial charge is 0.354 e. The molecule has 0 amide bonds. The van der Waals surface area contributed by atoms with Gasteiger partial charge in [-0.15, -0.1) is 11.6 Å². The Kier molecular flexibility index (Phi) is 8.43. The lowest BCUT2D eigenvalue weighted by molar-refractivity contribution is 0.0588. The number of alkyl halides is 1. The number of carbonyl (C=O) groups excluding carboxylic acids is 1. The molecule has 0 aliphatic heterocycles. The summed E-state index contributed by atoms with van der Waals surface area (Å²) < 4.78 is 6.67. The minimum atomic E-state index is -0.291. The molecule has 1 unspecified atom stereocenters. The van der Waals surface area contributed by atoms with Crippen molar-refractivity contribution < 1.29 is 9.53 Å². The molecule has 0 aliphatic carbocycles. The predicted octanol–water partition coefficient (Wildman–Crippen LogP) is 4.63. The fourth-order valence-corrected chi connectivity index (χ4v) is 2.54. The molecule has 0 saturated carbocycles. The van der Waals surface area contributed by atoms with Crippen LogP contribution in [0.5, 0.6) is 0 Å². The van der Waals surface area contributed by atoms with Crippen LogP contribution in [0.25, 0.3) is 0 Å². The number of halogens is 1. The highest BCUT2D eigenvalue weighted by Crippen LogP contribution is 2.16. The Labute approximate surface area is 127 Å². The van der Waals surface area contributed by atoms with Crippen molar-refractivity contribution in [2.45, 2.75) is 63.8 Å². The summed E-state index contributed by atoms with van der Waals surface area (Å²) in [5.74, 6) is -0.291. The zero-order valence-corrected chi connectivity index (χ0v) is 13.4. The average Bonchev–Trinajstić information content (AvgIpc) is 2.92. The Hall–Kier alpha value is -0.960.